The van der Waals surface area contributed by atoms with Gasteiger partial charge in [0.1, 0.15) is 6.54 Å². The zero-order valence-corrected chi connectivity index (χ0v) is 15.1. The molecule has 1 aliphatic rings. The van der Waals surface area contributed by atoms with Gasteiger partial charge in [-0.1, -0.05) is 35.9 Å². The molecule has 1 N–H and O–H groups in total. The zero-order chi connectivity index (χ0) is 18.8. The molecule has 2 heterocycles. The Kier molecular flexibility index (Phi) is 4.64. The van der Waals surface area contributed by atoms with Crippen LogP contribution in [0.25, 0.3) is 11.3 Å². The number of fused-ring (bicyclic) bond motifs is 1. The highest BCUT2D eigenvalue weighted by atomic mass is 35.5. The van der Waals surface area contributed by atoms with Crippen molar-refractivity contribution in [3.05, 3.63) is 65.6 Å². The summed E-state index contributed by atoms with van der Waals surface area (Å²) < 4.78 is 5.73. The van der Waals surface area contributed by atoms with Gasteiger partial charge in [-0.2, -0.15) is 0 Å². The van der Waals surface area contributed by atoms with Crippen LogP contribution in [0.3, 0.4) is 0 Å². The number of benzene rings is 2. The second-order valence-electron chi connectivity index (χ2n) is 6.14. The Bertz CT molecular complexity index is 1010. The number of anilines is 2. The van der Waals surface area contributed by atoms with Crippen molar-refractivity contribution in [1.82, 2.24) is 4.98 Å². The van der Waals surface area contributed by atoms with Gasteiger partial charge < -0.3 is 14.6 Å². The molecule has 7 heteroatoms. The summed E-state index contributed by atoms with van der Waals surface area (Å²) >= 11 is 6.17. The van der Waals surface area contributed by atoms with Crippen molar-refractivity contribution in [3.63, 3.8) is 0 Å². The number of para-hydroxylation sites is 2. The lowest BCUT2D eigenvalue weighted by atomic mass is 10.1. The number of nitrogens with one attached hydrogen (secondary N) is 1. The van der Waals surface area contributed by atoms with Crippen molar-refractivity contribution in [2.45, 2.75) is 12.8 Å². The molecule has 0 aliphatic carbocycles. The molecule has 0 unspecified atom stereocenters. The predicted molar refractivity (Wildman–Crippen MR) is 103 cm³/mol. The number of hydrogen-bond donors (Lipinski definition) is 1. The van der Waals surface area contributed by atoms with Crippen molar-refractivity contribution >= 4 is 34.8 Å². The molecule has 0 atom stereocenters. The van der Waals surface area contributed by atoms with E-state index in [1.54, 1.807) is 18.3 Å². The van der Waals surface area contributed by atoms with Gasteiger partial charge in [0.25, 0.3) is 0 Å². The third-order valence-electron chi connectivity index (χ3n) is 4.32. The summed E-state index contributed by atoms with van der Waals surface area (Å²) in [5.41, 5.74) is 2.09. The SMILES string of the molecule is O=C1CN(C(=O)CCc2ncc(-c3ccccc3Cl)o2)c2ccccc2N1. The molecule has 4 rings (SSSR count). The van der Waals surface area contributed by atoms with Gasteiger partial charge >= 0.3 is 0 Å². The van der Waals surface area contributed by atoms with Gasteiger partial charge in [-0.3, -0.25) is 9.59 Å². The molecule has 2 aromatic carbocycles. The summed E-state index contributed by atoms with van der Waals surface area (Å²) in [6.07, 6.45) is 2.12. The zero-order valence-electron chi connectivity index (χ0n) is 14.3. The Morgan fingerprint density at radius 3 is 2.81 bits per heavy atom. The monoisotopic (exact) mass is 381 g/mol. The standard InChI is InChI=1S/C20H16ClN3O3/c21-14-6-2-1-5-13(14)17-11-22-19(27-17)9-10-20(26)24-12-18(25)23-15-7-3-4-8-16(15)24/h1-8,11H,9-10,12H2,(H,23,25). The first-order valence-corrected chi connectivity index (χ1v) is 8.88. The fraction of sp³-hybridized carbons (Fsp3) is 0.150. The maximum absolute atomic E-state index is 12.7. The smallest absolute Gasteiger partial charge is 0.244 e. The van der Waals surface area contributed by atoms with Crippen LogP contribution in [0.4, 0.5) is 11.4 Å². The summed E-state index contributed by atoms with van der Waals surface area (Å²) in [4.78, 5) is 30.3. The number of halogens is 1. The second kappa shape index (κ2) is 7.25. The highest BCUT2D eigenvalue weighted by molar-refractivity contribution is 6.33. The van der Waals surface area contributed by atoms with Gasteiger partial charge in [-0.25, -0.2) is 4.98 Å². The molecule has 3 aromatic rings. The van der Waals surface area contributed by atoms with Crippen molar-refractivity contribution < 1.29 is 14.0 Å². The van der Waals surface area contributed by atoms with Crippen LogP contribution in [-0.4, -0.2) is 23.3 Å². The Labute approximate surface area is 160 Å². The second-order valence-corrected chi connectivity index (χ2v) is 6.55. The number of hydrogen-bond acceptors (Lipinski definition) is 4. The van der Waals surface area contributed by atoms with E-state index in [1.165, 1.54) is 4.90 Å². The first-order valence-electron chi connectivity index (χ1n) is 8.50. The molecule has 0 saturated carbocycles. The molecule has 0 radical (unpaired) electrons. The Hall–Kier alpha value is -3.12. The van der Waals surface area contributed by atoms with Crippen molar-refractivity contribution in [1.29, 1.82) is 0 Å². The fourth-order valence-electron chi connectivity index (χ4n) is 3.02. The summed E-state index contributed by atoms with van der Waals surface area (Å²) in [6, 6.07) is 14.6. The lowest BCUT2D eigenvalue weighted by Gasteiger charge is -2.29. The van der Waals surface area contributed by atoms with E-state index in [4.69, 9.17) is 16.0 Å². The van der Waals surface area contributed by atoms with Crippen LogP contribution in [0, 0.1) is 0 Å². The summed E-state index contributed by atoms with van der Waals surface area (Å²) in [5.74, 6) is 0.646. The molecule has 0 fully saturated rings. The molecule has 1 aromatic heterocycles. The normalized spacial score (nSPS) is 13.2. The van der Waals surface area contributed by atoms with E-state index >= 15 is 0 Å². The molecule has 0 bridgehead atoms. The minimum absolute atomic E-state index is 0.00625. The van der Waals surface area contributed by atoms with Crippen LogP contribution in [0.2, 0.25) is 5.02 Å². The van der Waals surface area contributed by atoms with E-state index in [1.807, 2.05) is 36.4 Å². The van der Waals surface area contributed by atoms with Crippen LogP contribution < -0.4 is 10.2 Å². The van der Waals surface area contributed by atoms with Gasteiger partial charge in [0.05, 0.1) is 22.6 Å². The Balaban J connectivity index is 1.46. The van der Waals surface area contributed by atoms with Gasteiger partial charge in [0.15, 0.2) is 11.7 Å². The van der Waals surface area contributed by atoms with Gasteiger partial charge in [0.2, 0.25) is 11.8 Å². The Morgan fingerprint density at radius 2 is 1.96 bits per heavy atom. The molecule has 0 saturated heterocycles. The maximum atomic E-state index is 12.7. The highest BCUT2D eigenvalue weighted by Gasteiger charge is 2.26. The van der Waals surface area contributed by atoms with E-state index in [9.17, 15) is 9.59 Å². The van der Waals surface area contributed by atoms with E-state index in [-0.39, 0.29) is 24.8 Å². The molecule has 1 aliphatic heterocycles. The van der Waals surface area contributed by atoms with Gasteiger partial charge in [0, 0.05) is 18.4 Å². The van der Waals surface area contributed by atoms with E-state index < -0.39 is 0 Å². The van der Waals surface area contributed by atoms with Crippen LogP contribution >= 0.6 is 11.6 Å². The van der Waals surface area contributed by atoms with E-state index in [2.05, 4.69) is 10.3 Å². The third-order valence-corrected chi connectivity index (χ3v) is 4.65. The van der Waals surface area contributed by atoms with Gasteiger partial charge in [-0.15, -0.1) is 0 Å². The molecule has 2 amide bonds. The number of carbonyl (C=O) groups is 2. The molecule has 27 heavy (non-hydrogen) atoms. The number of aromatic nitrogens is 1. The third kappa shape index (κ3) is 3.57. The first-order chi connectivity index (χ1) is 13.1. The molecular weight excluding hydrogens is 366 g/mol. The minimum atomic E-state index is -0.209. The van der Waals surface area contributed by atoms with E-state index in [0.29, 0.717) is 34.5 Å². The molecule has 136 valence electrons. The van der Waals surface area contributed by atoms with Gasteiger partial charge in [-0.05, 0) is 24.3 Å². The lowest BCUT2D eigenvalue weighted by molar-refractivity contribution is -0.121. The average molecular weight is 382 g/mol. The largest absolute Gasteiger partial charge is 0.441 e. The fourth-order valence-corrected chi connectivity index (χ4v) is 3.24. The summed E-state index contributed by atoms with van der Waals surface area (Å²) in [7, 11) is 0. The van der Waals surface area contributed by atoms with E-state index in [0.717, 1.165) is 5.56 Å². The molecule has 0 spiro atoms. The number of carbonyl (C=O) groups excluding carboxylic acids is 2. The van der Waals surface area contributed by atoms with Crippen molar-refractivity contribution in [2.75, 3.05) is 16.8 Å². The Morgan fingerprint density at radius 1 is 1.19 bits per heavy atom. The number of nitrogens with zero attached hydrogens (tertiary/aromatic N) is 2. The van der Waals surface area contributed by atoms with Crippen molar-refractivity contribution in [3.8, 4) is 11.3 Å². The average Bonchev–Trinajstić information content (AvgIpc) is 3.14. The number of amides is 2. The highest BCUT2D eigenvalue weighted by Crippen LogP contribution is 2.30. The first kappa shape index (κ1) is 17.3. The molecule has 6 nitrogen and oxygen atoms in total. The predicted octanol–water partition coefficient (Wildman–Crippen LogP) is 3.91. The van der Waals surface area contributed by atoms with Crippen LogP contribution in [-0.2, 0) is 16.0 Å². The van der Waals surface area contributed by atoms with Crippen LogP contribution in [0.5, 0.6) is 0 Å². The summed E-state index contributed by atoms with van der Waals surface area (Å²) in [6.45, 7) is 0.00625. The van der Waals surface area contributed by atoms with Crippen molar-refractivity contribution in [2.24, 2.45) is 0 Å². The number of aryl methyl sites for hydroxylation is 1. The minimum Gasteiger partial charge on any atom is -0.441 e. The maximum Gasteiger partial charge on any atom is 0.244 e. The summed E-state index contributed by atoms with van der Waals surface area (Å²) in [5, 5.41) is 3.35. The molecular formula is C20H16ClN3O3. The quantitative estimate of drug-likeness (QED) is 0.743. The van der Waals surface area contributed by atoms with Crippen LogP contribution in [0.15, 0.2) is 59.1 Å². The number of oxazole rings is 1. The topological polar surface area (TPSA) is 75.4 Å². The lowest BCUT2D eigenvalue weighted by Crippen LogP contribution is -2.42. The van der Waals surface area contributed by atoms with Crippen LogP contribution in [0.1, 0.15) is 12.3 Å². The number of rotatable bonds is 4.